The normalized spacial score (nSPS) is 15.7. The Balaban J connectivity index is 1.84. The molecule has 1 amide bonds. The average Bonchev–Trinajstić information content (AvgIpc) is 2.99. The van der Waals surface area contributed by atoms with Crippen LogP contribution in [0.15, 0.2) is 47.4 Å². The Hall–Kier alpha value is -1.93. The first-order chi connectivity index (χ1) is 13.9. The fourth-order valence-corrected chi connectivity index (χ4v) is 5.39. The third kappa shape index (κ3) is 5.36. The maximum Gasteiger partial charge on any atom is 0.255 e. The number of carbonyl (C=O) groups is 1. The third-order valence-corrected chi connectivity index (χ3v) is 7.25. The molecule has 2 aromatic rings. The molecule has 29 heavy (non-hydrogen) atoms. The summed E-state index contributed by atoms with van der Waals surface area (Å²) in [5.41, 5.74) is 1.77. The molecule has 0 aliphatic carbocycles. The Labute approximate surface area is 176 Å². The van der Waals surface area contributed by atoms with Crippen LogP contribution in [0.5, 0.6) is 0 Å². The summed E-state index contributed by atoms with van der Waals surface area (Å²) in [5, 5.41) is 2.92. The van der Waals surface area contributed by atoms with Gasteiger partial charge in [0, 0.05) is 31.5 Å². The summed E-state index contributed by atoms with van der Waals surface area (Å²) in [7, 11) is -2.15. The van der Waals surface area contributed by atoms with Crippen molar-refractivity contribution in [1.82, 2.24) is 4.31 Å². The number of methoxy groups -OCH3 is 1. The first-order valence-corrected chi connectivity index (χ1v) is 11.4. The molecular weight excluding hydrogens is 412 g/mol. The van der Waals surface area contributed by atoms with Crippen molar-refractivity contribution in [2.75, 3.05) is 25.5 Å². The molecule has 1 saturated heterocycles. The van der Waals surface area contributed by atoms with Crippen molar-refractivity contribution in [2.45, 2.75) is 37.2 Å². The van der Waals surface area contributed by atoms with Gasteiger partial charge in [0.1, 0.15) is 4.90 Å². The van der Waals surface area contributed by atoms with E-state index in [2.05, 4.69) is 5.32 Å². The highest BCUT2D eigenvalue weighted by molar-refractivity contribution is 7.89. The van der Waals surface area contributed by atoms with Crippen LogP contribution in [-0.4, -0.2) is 38.8 Å². The van der Waals surface area contributed by atoms with E-state index in [4.69, 9.17) is 16.3 Å². The fraction of sp³-hybridized carbons (Fsp3) is 0.381. The van der Waals surface area contributed by atoms with Gasteiger partial charge in [0.15, 0.2) is 0 Å². The van der Waals surface area contributed by atoms with Crippen LogP contribution < -0.4 is 5.32 Å². The number of rotatable bonds is 6. The Bertz CT molecular complexity index is 970. The molecule has 2 aromatic carbocycles. The first-order valence-electron chi connectivity index (χ1n) is 9.61. The van der Waals surface area contributed by atoms with Gasteiger partial charge in [0.25, 0.3) is 5.91 Å². The number of hydrogen-bond donors (Lipinski definition) is 1. The molecule has 6 nitrogen and oxygen atoms in total. The van der Waals surface area contributed by atoms with Crippen LogP contribution in [-0.2, 0) is 21.4 Å². The van der Waals surface area contributed by atoms with Crippen molar-refractivity contribution in [2.24, 2.45) is 0 Å². The number of ether oxygens (including phenoxy) is 1. The number of amides is 1. The molecule has 1 aliphatic heterocycles. The van der Waals surface area contributed by atoms with E-state index >= 15 is 0 Å². The largest absolute Gasteiger partial charge is 0.380 e. The molecule has 1 fully saturated rings. The van der Waals surface area contributed by atoms with E-state index in [1.165, 1.54) is 22.5 Å². The second-order valence-electron chi connectivity index (χ2n) is 7.05. The zero-order valence-corrected chi connectivity index (χ0v) is 17.9. The number of nitrogens with one attached hydrogen (secondary N) is 1. The van der Waals surface area contributed by atoms with Crippen molar-refractivity contribution < 1.29 is 17.9 Å². The van der Waals surface area contributed by atoms with Crippen molar-refractivity contribution in [3.05, 3.63) is 58.6 Å². The van der Waals surface area contributed by atoms with Crippen LogP contribution in [0.1, 0.15) is 41.6 Å². The van der Waals surface area contributed by atoms with Crippen LogP contribution in [0.25, 0.3) is 0 Å². The summed E-state index contributed by atoms with van der Waals surface area (Å²) in [5.74, 6) is -0.399. The van der Waals surface area contributed by atoms with Gasteiger partial charge in [-0.05, 0) is 48.7 Å². The van der Waals surface area contributed by atoms with E-state index in [9.17, 15) is 13.2 Å². The van der Waals surface area contributed by atoms with Crippen molar-refractivity contribution >= 4 is 33.2 Å². The number of carbonyl (C=O) groups excluding carboxylic acids is 1. The molecule has 0 saturated carbocycles. The molecule has 0 spiro atoms. The minimum atomic E-state index is -3.75. The van der Waals surface area contributed by atoms with E-state index in [1.807, 2.05) is 18.2 Å². The lowest BCUT2D eigenvalue weighted by molar-refractivity contribution is 0.102. The van der Waals surface area contributed by atoms with Gasteiger partial charge in [0.2, 0.25) is 10.0 Å². The van der Waals surface area contributed by atoms with Gasteiger partial charge in [-0.15, -0.1) is 0 Å². The average molecular weight is 437 g/mol. The van der Waals surface area contributed by atoms with Gasteiger partial charge in [-0.3, -0.25) is 4.79 Å². The number of anilines is 1. The highest BCUT2D eigenvalue weighted by atomic mass is 35.5. The molecule has 1 heterocycles. The summed E-state index contributed by atoms with van der Waals surface area (Å²) in [6.45, 7) is 1.38. The lowest BCUT2D eigenvalue weighted by atomic mass is 10.2. The molecule has 0 unspecified atom stereocenters. The topological polar surface area (TPSA) is 75.7 Å². The second-order valence-corrected chi connectivity index (χ2v) is 9.36. The Kier molecular flexibility index (Phi) is 7.29. The molecule has 0 bridgehead atoms. The third-order valence-electron chi connectivity index (χ3n) is 4.87. The Morgan fingerprint density at radius 1 is 1.10 bits per heavy atom. The zero-order chi connectivity index (χ0) is 20.9. The summed E-state index contributed by atoms with van der Waals surface area (Å²) in [4.78, 5) is 12.7. The van der Waals surface area contributed by atoms with Crippen LogP contribution >= 0.6 is 11.6 Å². The van der Waals surface area contributed by atoms with Crippen LogP contribution in [0, 0.1) is 0 Å². The Morgan fingerprint density at radius 2 is 1.83 bits per heavy atom. The number of hydrogen-bond acceptors (Lipinski definition) is 4. The highest BCUT2D eigenvalue weighted by Crippen LogP contribution is 2.28. The first kappa shape index (κ1) is 21.8. The van der Waals surface area contributed by atoms with E-state index in [0.29, 0.717) is 25.4 Å². The van der Waals surface area contributed by atoms with Gasteiger partial charge in [-0.1, -0.05) is 36.6 Å². The summed E-state index contributed by atoms with van der Waals surface area (Å²) < 4.78 is 32.8. The Morgan fingerprint density at radius 3 is 2.52 bits per heavy atom. The van der Waals surface area contributed by atoms with Gasteiger partial charge in [-0.2, -0.15) is 4.31 Å². The zero-order valence-electron chi connectivity index (χ0n) is 16.4. The van der Waals surface area contributed by atoms with Crippen LogP contribution in [0.4, 0.5) is 5.69 Å². The SMILES string of the molecule is COCc1cccc(NC(=O)c2ccc(Cl)c(S(=O)(=O)N3CCCCCC3)c2)c1. The van der Waals surface area contributed by atoms with E-state index < -0.39 is 15.9 Å². The minimum Gasteiger partial charge on any atom is -0.380 e. The second kappa shape index (κ2) is 9.71. The molecule has 1 N–H and O–H groups in total. The molecule has 3 rings (SSSR count). The molecule has 0 radical (unpaired) electrons. The summed E-state index contributed by atoms with van der Waals surface area (Å²) >= 11 is 6.21. The number of nitrogens with zero attached hydrogens (tertiary/aromatic N) is 1. The van der Waals surface area contributed by atoms with E-state index in [1.54, 1.807) is 13.2 Å². The molecule has 0 atom stereocenters. The molecule has 8 heteroatoms. The van der Waals surface area contributed by atoms with Crippen LogP contribution in [0.3, 0.4) is 0 Å². The molecular formula is C21H25ClN2O4S. The smallest absolute Gasteiger partial charge is 0.255 e. The number of benzene rings is 2. The molecule has 1 aliphatic rings. The number of halogens is 1. The van der Waals surface area contributed by atoms with Crippen molar-refractivity contribution in [1.29, 1.82) is 0 Å². The van der Waals surface area contributed by atoms with Crippen molar-refractivity contribution in [3.63, 3.8) is 0 Å². The number of sulfonamides is 1. The molecule has 156 valence electrons. The molecule has 0 aromatic heterocycles. The van der Waals surface area contributed by atoms with Gasteiger partial charge in [-0.25, -0.2) is 8.42 Å². The predicted octanol–water partition coefficient (Wildman–Crippen LogP) is 4.30. The monoisotopic (exact) mass is 436 g/mol. The summed E-state index contributed by atoms with van der Waals surface area (Å²) in [6.07, 6.45) is 3.69. The van der Waals surface area contributed by atoms with E-state index in [-0.39, 0.29) is 15.5 Å². The standard InChI is InChI=1S/C21H25ClN2O4S/c1-28-15-16-7-6-8-18(13-16)23-21(25)17-9-10-19(22)20(14-17)29(26,27)24-11-4-2-3-5-12-24/h6-10,13-14H,2-5,11-12,15H2,1H3,(H,23,25). The minimum absolute atomic E-state index is 0.0261. The fourth-order valence-electron chi connectivity index (χ4n) is 3.37. The quantitative estimate of drug-likeness (QED) is 0.732. The lowest BCUT2D eigenvalue weighted by Crippen LogP contribution is -2.32. The highest BCUT2D eigenvalue weighted by Gasteiger charge is 2.28. The van der Waals surface area contributed by atoms with E-state index in [0.717, 1.165) is 31.2 Å². The van der Waals surface area contributed by atoms with Crippen molar-refractivity contribution in [3.8, 4) is 0 Å². The maximum atomic E-state index is 13.1. The van der Waals surface area contributed by atoms with Crippen LogP contribution in [0.2, 0.25) is 5.02 Å². The van der Waals surface area contributed by atoms with Gasteiger partial charge < -0.3 is 10.1 Å². The maximum absolute atomic E-state index is 13.1. The van der Waals surface area contributed by atoms with Gasteiger partial charge in [0.05, 0.1) is 11.6 Å². The predicted molar refractivity (Wildman–Crippen MR) is 114 cm³/mol. The summed E-state index contributed by atoms with van der Waals surface area (Å²) in [6, 6.07) is 11.6. The van der Waals surface area contributed by atoms with Gasteiger partial charge >= 0.3 is 0 Å². The lowest BCUT2D eigenvalue weighted by Gasteiger charge is -2.21.